The third-order valence-electron chi connectivity index (χ3n) is 5.82. The third kappa shape index (κ3) is 5.08. The van der Waals surface area contributed by atoms with Crippen molar-refractivity contribution in [2.45, 2.75) is 63.8 Å². The lowest BCUT2D eigenvalue weighted by Gasteiger charge is -2.39. The van der Waals surface area contributed by atoms with Crippen LogP contribution < -0.4 is 5.32 Å². The first kappa shape index (κ1) is 22.4. The quantitative estimate of drug-likeness (QED) is 0.706. The van der Waals surface area contributed by atoms with Crippen LogP contribution in [0.2, 0.25) is 0 Å². The van der Waals surface area contributed by atoms with Crippen LogP contribution in [0.3, 0.4) is 0 Å². The molecule has 1 aliphatic rings. The van der Waals surface area contributed by atoms with Gasteiger partial charge in [0.05, 0.1) is 6.07 Å². The summed E-state index contributed by atoms with van der Waals surface area (Å²) in [6, 6.07) is 7.77. The van der Waals surface area contributed by atoms with Crippen LogP contribution in [-0.2, 0) is 23.1 Å². The zero-order valence-electron chi connectivity index (χ0n) is 18.0. The second kappa shape index (κ2) is 8.46. The number of aromatic nitrogens is 1. The lowest BCUT2D eigenvalue weighted by molar-refractivity contribution is -0.117. The molecule has 162 valence electrons. The first-order valence-corrected chi connectivity index (χ1v) is 10.3. The van der Waals surface area contributed by atoms with Crippen molar-refractivity contribution in [2.24, 2.45) is 0 Å². The molecule has 2 aromatic rings. The second-order valence-corrected chi connectivity index (χ2v) is 9.01. The Morgan fingerprint density at radius 3 is 2.61 bits per heavy atom. The Morgan fingerprint density at radius 2 is 2.00 bits per heavy atom. The lowest BCUT2D eigenvalue weighted by atomic mass is 9.65. The number of carbonyl (C=O) groups excluding carboxylic acids is 2. The Labute approximate surface area is 181 Å². The molecule has 3 rings (SSSR count). The number of hydrogen-bond acceptors (Lipinski definition) is 5. The highest BCUT2D eigenvalue weighted by Gasteiger charge is 2.36. The maximum atomic E-state index is 14.6. The van der Waals surface area contributed by atoms with Gasteiger partial charge in [-0.05, 0) is 67.5 Å². The fraction of sp³-hybridized carbons (Fsp3) is 0.417. The van der Waals surface area contributed by atoms with Gasteiger partial charge in [0.15, 0.2) is 0 Å². The van der Waals surface area contributed by atoms with E-state index in [1.165, 1.54) is 24.4 Å². The summed E-state index contributed by atoms with van der Waals surface area (Å²) in [6.45, 7) is 5.14. The number of ketones is 1. The molecule has 1 aromatic heterocycles. The molecule has 6 nitrogen and oxygen atoms in total. The molecular formula is C24H26FN3O3. The van der Waals surface area contributed by atoms with Crippen molar-refractivity contribution in [1.82, 2.24) is 10.3 Å². The summed E-state index contributed by atoms with van der Waals surface area (Å²) in [5.74, 6) is -1.25. The fourth-order valence-electron chi connectivity index (χ4n) is 3.79. The van der Waals surface area contributed by atoms with Gasteiger partial charge < -0.3 is 10.4 Å². The van der Waals surface area contributed by atoms with Crippen LogP contribution in [0.5, 0.6) is 5.75 Å². The fourth-order valence-corrected chi connectivity index (χ4v) is 3.79. The Kier molecular flexibility index (Phi) is 6.12. The van der Waals surface area contributed by atoms with E-state index in [0.29, 0.717) is 11.1 Å². The highest BCUT2D eigenvalue weighted by molar-refractivity contribution is 5.93. The van der Waals surface area contributed by atoms with Crippen LogP contribution in [-0.4, -0.2) is 27.3 Å². The molecular weight excluding hydrogens is 397 g/mol. The topological polar surface area (TPSA) is 103 Å². The first-order valence-electron chi connectivity index (χ1n) is 10.3. The van der Waals surface area contributed by atoms with Gasteiger partial charge in [-0.25, -0.2) is 4.39 Å². The maximum absolute atomic E-state index is 14.6. The van der Waals surface area contributed by atoms with Crippen molar-refractivity contribution >= 4 is 11.7 Å². The molecule has 7 heteroatoms. The summed E-state index contributed by atoms with van der Waals surface area (Å²) in [5, 5.41) is 22.0. The molecule has 31 heavy (non-hydrogen) atoms. The van der Waals surface area contributed by atoms with Crippen LogP contribution in [0.1, 0.15) is 67.2 Å². The Hall–Kier alpha value is -3.27. The highest BCUT2D eigenvalue weighted by atomic mass is 19.1. The third-order valence-corrected chi connectivity index (χ3v) is 5.82. The van der Waals surface area contributed by atoms with Gasteiger partial charge in [0, 0.05) is 24.6 Å². The molecule has 0 bridgehead atoms. The van der Waals surface area contributed by atoms with Crippen molar-refractivity contribution in [3.8, 4) is 11.8 Å². The molecule has 1 heterocycles. The van der Waals surface area contributed by atoms with E-state index >= 15 is 0 Å². The molecule has 1 aliphatic carbocycles. The second-order valence-electron chi connectivity index (χ2n) is 9.01. The van der Waals surface area contributed by atoms with E-state index in [-0.39, 0.29) is 41.0 Å². The summed E-state index contributed by atoms with van der Waals surface area (Å²) in [5.41, 5.74) is 0.141. The number of nitrogens with zero attached hydrogens (tertiary/aromatic N) is 2. The molecule has 2 N–H and O–H groups in total. The van der Waals surface area contributed by atoms with Crippen LogP contribution in [0.15, 0.2) is 30.5 Å². The number of hydrogen-bond donors (Lipinski definition) is 2. The predicted molar refractivity (Wildman–Crippen MR) is 113 cm³/mol. The van der Waals surface area contributed by atoms with Gasteiger partial charge in [0.25, 0.3) is 5.91 Å². The van der Waals surface area contributed by atoms with E-state index in [1.54, 1.807) is 19.9 Å². The monoisotopic (exact) mass is 423 g/mol. The highest BCUT2D eigenvalue weighted by Crippen LogP contribution is 2.47. The summed E-state index contributed by atoms with van der Waals surface area (Å²) in [4.78, 5) is 28.8. The van der Waals surface area contributed by atoms with Gasteiger partial charge in [-0.3, -0.25) is 14.6 Å². The average Bonchev–Trinajstić information content (AvgIpc) is 2.68. The number of nitriles is 1. The molecule has 1 fully saturated rings. The van der Waals surface area contributed by atoms with Crippen molar-refractivity contribution in [2.75, 3.05) is 0 Å². The van der Waals surface area contributed by atoms with E-state index in [0.717, 1.165) is 19.3 Å². The van der Waals surface area contributed by atoms with Crippen molar-refractivity contribution < 1.29 is 19.1 Å². The number of Topliss-reactive ketones (excluding diaryl/α,β-unsaturated/α-hetero) is 1. The molecule has 1 amide bonds. The number of nitrogens with one attached hydrogen (secondary N) is 1. The Morgan fingerprint density at radius 1 is 1.29 bits per heavy atom. The number of phenolic OH excluding ortho intramolecular Hbond substituents is 1. The van der Waals surface area contributed by atoms with Gasteiger partial charge in [0.2, 0.25) is 0 Å². The predicted octanol–water partition coefficient (Wildman–Crippen LogP) is 3.75. The Bertz CT molecular complexity index is 1070. The van der Waals surface area contributed by atoms with Crippen LogP contribution in [0.25, 0.3) is 0 Å². The van der Waals surface area contributed by atoms with Gasteiger partial charge in [-0.2, -0.15) is 5.26 Å². The van der Waals surface area contributed by atoms with Crippen LogP contribution in [0.4, 0.5) is 4.39 Å². The normalized spacial score (nSPS) is 14.9. The zero-order valence-corrected chi connectivity index (χ0v) is 18.0. The number of phenols is 1. The van der Waals surface area contributed by atoms with Crippen molar-refractivity contribution in [1.29, 1.82) is 5.26 Å². The molecule has 1 saturated carbocycles. The molecule has 1 aromatic carbocycles. The number of aromatic hydroxyl groups is 1. The van der Waals surface area contributed by atoms with E-state index in [1.807, 2.05) is 13.0 Å². The Balaban J connectivity index is 1.70. The standard InChI is InChI=1S/C24H26FN3O3/c1-23(2,14-26)28-22(31)20-10-15(5-8-27-20)9-17(29)11-16-12-21(30)18(13-19(16)25)24(3)6-4-7-24/h5,8,10,12-13,30H,4,6-7,9,11H2,1-3H3,(H,28,31). The van der Waals surface area contributed by atoms with E-state index in [9.17, 15) is 19.1 Å². The van der Waals surface area contributed by atoms with E-state index < -0.39 is 17.3 Å². The summed E-state index contributed by atoms with van der Waals surface area (Å²) < 4.78 is 14.6. The summed E-state index contributed by atoms with van der Waals surface area (Å²) >= 11 is 0. The van der Waals surface area contributed by atoms with E-state index in [2.05, 4.69) is 10.3 Å². The molecule has 0 spiro atoms. The SMILES string of the molecule is CC(C)(C#N)NC(=O)c1cc(CC(=O)Cc2cc(O)c(C3(C)CCC3)cc2F)ccn1. The lowest BCUT2D eigenvalue weighted by Crippen LogP contribution is -2.42. The average molecular weight is 423 g/mol. The summed E-state index contributed by atoms with van der Waals surface area (Å²) in [7, 11) is 0. The number of halogens is 1. The number of rotatable bonds is 7. The number of pyridine rings is 1. The van der Waals surface area contributed by atoms with Gasteiger partial charge in [-0.1, -0.05) is 13.3 Å². The van der Waals surface area contributed by atoms with Gasteiger partial charge >= 0.3 is 0 Å². The largest absolute Gasteiger partial charge is 0.508 e. The molecule has 0 aliphatic heterocycles. The molecule has 0 radical (unpaired) electrons. The first-order chi connectivity index (χ1) is 14.5. The molecule has 0 saturated heterocycles. The van der Waals surface area contributed by atoms with Crippen LogP contribution in [0, 0.1) is 17.1 Å². The van der Waals surface area contributed by atoms with Gasteiger partial charge in [-0.15, -0.1) is 0 Å². The van der Waals surface area contributed by atoms with E-state index in [4.69, 9.17) is 5.26 Å². The smallest absolute Gasteiger partial charge is 0.271 e. The number of amides is 1. The molecule has 0 unspecified atom stereocenters. The zero-order chi connectivity index (χ0) is 22.8. The molecule has 0 atom stereocenters. The van der Waals surface area contributed by atoms with Crippen LogP contribution >= 0.6 is 0 Å². The minimum absolute atomic E-state index is 0.00981. The maximum Gasteiger partial charge on any atom is 0.271 e. The summed E-state index contributed by atoms with van der Waals surface area (Å²) in [6.07, 6.45) is 4.10. The van der Waals surface area contributed by atoms with Crippen molar-refractivity contribution in [3.05, 3.63) is 58.7 Å². The number of benzene rings is 1. The minimum atomic E-state index is -1.05. The number of carbonyl (C=O) groups is 2. The minimum Gasteiger partial charge on any atom is -0.508 e. The van der Waals surface area contributed by atoms with Crippen molar-refractivity contribution in [3.63, 3.8) is 0 Å². The van der Waals surface area contributed by atoms with Gasteiger partial charge in [0.1, 0.15) is 28.6 Å².